The lowest BCUT2D eigenvalue weighted by molar-refractivity contribution is -0.359. The number of hydrogen-bond donors (Lipinski definition) is 9. The van der Waals surface area contributed by atoms with Crippen LogP contribution in [0.2, 0.25) is 0 Å². The summed E-state index contributed by atoms with van der Waals surface area (Å²) in [6, 6.07) is -0.920. The quantitative estimate of drug-likeness (QED) is 0.0204. The van der Waals surface area contributed by atoms with Crippen molar-refractivity contribution in [2.75, 3.05) is 19.8 Å². The van der Waals surface area contributed by atoms with Crippen LogP contribution in [-0.2, 0) is 23.7 Å². The van der Waals surface area contributed by atoms with Crippen LogP contribution in [0.1, 0.15) is 348 Å². The third kappa shape index (κ3) is 48.3. The molecule has 96 heavy (non-hydrogen) atoms. The maximum atomic E-state index is 13.4. The van der Waals surface area contributed by atoms with Crippen LogP contribution in [0.3, 0.4) is 0 Å². The van der Waals surface area contributed by atoms with Crippen molar-refractivity contribution in [1.82, 2.24) is 5.32 Å². The number of aliphatic hydroxyl groups excluding tert-OH is 8. The number of rotatable bonds is 67. The largest absolute Gasteiger partial charge is 0.394 e. The first-order valence-corrected chi connectivity index (χ1v) is 40.2. The standard InChI is InChI=1S/C82H149NO13/c1-3-5-7-9-11-13-15-17-19-21-23-25-27-29-31-33-35-37-39-41-43-45-47-49-51-53-55-57-59-61-63-65-71(86)70(69-93-81-79(92)77(90)80(73(68-85)95-81)96-82-78(91)76(89)75(88)72(67-84)94-82)83-74(87)66-64-62-60-58-56-54-52-50-48-46-44-42-40-38-36-34-32-30-28-26-24-22-20-18-16-14-12-10-8-6-4-2/h6,8,12,14,18,20,24,26,30,32,63,65,70-73,75-82,84-86,88-92H,3-5,7,9-11,13,15-17,19,21-23,25,27-29,31,33-62,64,66-69H2,1-2H3,(H,83,87)/b8-6-,14-12-,20-18-,26-24-,32-30-,65-63+. The minimum absolute atomic E-state index is 0.236. The van der Waals surface area contributed by atoms with Gasteiger partial charge in [-0.3, -0.25) is 4.79 Å². The van der Waals surface area contributed by atoms with E-state index in [2.05, 4.69) is 79.9 Å². The maximum Gasteiger partial charge on any atom is 0.220 e. The highest BCUT2D eigenvalue weighted by Crippen LogP contribution is 2.30. The molecule has 12 atom stereocenters. The molecule has 2 saturated heterocycles. The van der Waals surface area contributed by atoms with E-state index in [0.717, 1.165) is 70.6 Å². The van der Waals surface area contributed by atoms with E-state index in [1.807, 2.05) is 6.08 Å². The van der Waals surface area contributed by atoms with E-state index in [0.29, 0.717) is 6.42 Å². The topological polar surface area (TPSA) is 228 Å². The first-order chi connectivity index (χ1) is 47.1. The molecule has 2 aliphatic heterocycles. The lowest BCUT2D eigenvalue weighted by atomic mass is 9.97. The van der Waals surface area contributed by atoms with E-state index in [9.17, 15) is 45.6 Å². The molecule has 0 saturated carbocycles. The van der Waals surface area contributed by atoms with Crippen molar-refractivity contribution in [2.45, 2.75) is 421 Å². The Morgan fingerprint density at radius 1 is 0.385 bits per heavy atom. The van der Waals surface area contributed by atoms with Gasteiger partial charge < -0.3 is 65.1 Å². The van der Waals surface area contributed by atoms with Crippen LogP contribution in [0.15, 0.2) is 72.9 Å². The molecule has 2 heterocycles. The first kappa shape index (κ1) is 89.5. The highest BCUT2D eigenvalue weighted by Gasteiger charge is 2.51. The van der Waals surface area contributed by atoms with Crippen molar-refractivity contribution in [3.05, 3.63) is 72.9 Å². The molecule has 0 aromatic rings. The number of ether oxygens (including phenoxy) is 4. The Balaban J connectivity index is 1.62. The number of nitrogens with one attached hydrogen (secondary N) is 1. The number of hydrogen-bond acceptors (Lipinski definition) is 13. The van der Waals surface area contributed by atoms with Gasteiger partial charge in [0.05, 0.1) is 32.0 Å². The number of carbonyl (C=O) groups excluding carboxylic acids is 1. The molecular formula is C82H149NO13. The molecule has 1 amide bonds. The fourth-order valence-corrected chi connectivity index (χ4v) is 13.1. The van der Waals surface area contributed by atoms with Gasteiger partial charge in [-0.25, -0.2) is 0 Å². The molecule has 0 radical (unpaired) electrons. The molecule has 0 bridgehead atoms. The van der Waals surface area contributed by atoms with Crippen molar-refractivity contribution < 1.29 is 64.6 Å². The summed E-state index contributed by atoms with van der Waals surface area (Å²) in [6.45, 7) is 2.74. The van der Waals surface area contributed by atoms with E-state index >= 15 is 0 Å². The van der Waals surface area contributed by atoms with Gasteiger partial charge >= 0.3 is 0 Å². The zero-order chi connectivity index (χ0) is 69.4. The Kier molecular flexibility index (Phi) is 61.3. The molecule has 2 fully saturated rings. The summed E-state index contributed by atoms with van der Waals surface area (Å²) in [6.07, 6.45) is 74.1. The van der Waals surface area contributed by atoms with Crippen LogP contribution in [0, 0.1) is 0 Å². The van der Waals surface area contributed by atoms with Crippen LogP contribution < -0.4 is 5.32 Å². The SMILES string of the molecule is CC/C=C\C/C=C\C/C=C\C/C=C\C/C=C\CCCCCCCCCCCCCCCCCC(=O)NC(COC1OC(CO)C(OC2OC(CO)C(O)C(O)C2O)C(O)C1O)C(O)/C=C/CCCCCCCCCCCCCCCCCCCCCCCCCCCCCCC. The van der Waals surface area contributed by atoms with Gasteiger partial charge in [0.15, 0.2) is 12.6 Å². The highest BCUT2D eigenvalue weighted by molar-refractivity contribution is 5.76. The molecule has 9 N–H and O–H groups in total. The fraction of sp³-hybridized carbons (Fsp3) is 0.841. The zero-order valence-corrected chi connectivity index (χ0v) is 61.4. The molecule has 0 aromatic carbocycles. The van der Waals surface area contributed by atoms with E-state index in [-0.39, 0.29) is 18.9 Å². The summed E-state index contributed by atoms with van der Waals surface area (Å²) in [5.74, 6) is -0.236. The summed E-state index contributed by atoms with van der Waals surface area (Å²) >= 11 is 0. The average Bonchev–Trinajstić information content (AvgIpc) is 0.797. The molecule has 12 unspecified atom stereocenters. The Morgan fingerprint density at radius 3 is 1.10 bits per heavy atom. The number of allylic oxidation sites excluding steroid dienone is 11. The minimum atomic E-state index is -1.79. The van der Waals surface area contributed by atoms with Crippen LogP contribution in [0.25, 0.3) is 0 Å². The van der Waals surface area contributed by atoms with Crippen molar-refractivity contribution >= 4 is 5.91 Å². The second-order valence-corrected chi connectivity index (χ2v) is 28.2. The second-order valence-electron chi connectivity index (χ2n) is 28.2. The Bertz CT molecular complexity index is 1890. The Hall–Kier alpha value is -2.57. The van der Waals surface area contributed by atoms with Gasteiger partial charge in [0, 0.05) is 6.42 Å². The van der Waals surface area contributed by atoms with E-state index in [4.69, 9.17) is 18.9 Å². The van der Waals surface area contributed by atoms with Gasteiger partial charge in [0.2, 0.25) is 5.91 Å². The van der Waals surface area contributed by atoms with Gasteiger partial charge in [0.25, 0.3) is 0 Å². The van der Waals surface area contributed by atoms with Crippen molar-refractivity contribution in [3.63, 3.8) is 0 Å². The predicted molar refractivity (Wildman–Crippen MR) is 397 cm³/mol. The smallest absolute Gasteiger partial charge is 0.220 e. The molecule has 0 aliphatic carbocycles. The van der Waals surface area contributed by atoms with Gasteiger partial charge in [-0.15, -0.1) is 0 Å². The van der Waals surface area contributed by atoms with E-state index in [1.54, 1.807) is 6.08 Å². The summed E-state index contributed by atoms with van der Waals surface area (Å²) in [4.78, 5) is 13.4. The third-order valence-electron chi connectivity index (χ3n) is 19.4. The number of unbranched alkanes of at least 4 members (excludes halogenated alkanes) is 44. The van der Waals surface area contributed by atoms with Gasteiger partial charge in [-0.1, -0.05) is 350 Å². The van der Waals surface area contributed by atoms with Crippen molar-refractivity contribution in [2.24, 2.45) is 0 Å². The van der Waals surface area contributed by atoms with Crippen LogP contribution >= 0.6 is 0 Å². The van der Waals surface area contributed by atoms with Crippen LogP contribution in [0.4, 0.5) is 0 Å². The monoisotopic (exact) mass is 1360 g/mol. The fourth-order valence-electron chi connectivity index (χ4n) is 13.1. The number of aliphatic hydroxyl groups is 8. The highest BCUT2D eigenvalue weighted by atomic mass is 16.7. The molecule has 560 valence electrons. The minimum Gasteiger partial charge on any atom is -0.394 e. The third-order valence-corrected chi connectivity index (χ3v) is 19.4. The van der Waals surface area contributed by atoms with E-state index < -0.39 is 86.8 Å². The van der Waals surface area contributed by atoms with Crippen LogP contribution in [-0.4, -0.2) is 140 Å². The summed E-state index contributed by atoms with van der Waals surface area (Å²) < 4.78 is 22.9. The Labute approximate surface area is 587 Å². The predicted octanol–water partition coefficient (Wildman–Crippen LogP) is 18.1. The first-order valence-electron chi connectivity index (χ1n) is 40.2. The molecule has 2 aliphatic rings. The van der Waals surface area contributed by atoms with Crippen molar-refractivity contribution in [1.29, 1.82) is 0 Å². The Morgan fingerprint density at radius 2 is 0.719 bits per heavy atom. The lowest BCUT2D eigenvalue weighted by Gasteiger charge is -2.46. The molecule has 0 spiro atoms. The number of amides is 1. The molecule has 2 rings (SSSR count). The van der Waals surface area contributed by atoms with Gasteiger partial charge in [0.1, 0.15) is 48.8 Å². The van der Waals surface area contributed by atoms with Gasteiger partial charge in [-0.2, -0.15) is 0 Å². The second kappa shape index (κ2) is 65.7. The average molecular weight is 1360 g/mol. The molecule has 0 aromatic heterocycles. The maximum absolute atomic E-state index is 13.4. The zero-order valence-electron chi connectivity index (χ0n) is 61.4. The lowest BCUT2D eigenvalue weighted by Crippen LogP contribution is -2.65. The summed E-state index contributed by atoms with van der Waals surface area (Å²) in [7, 11) is 0. The normalized spacial score (nSPS) is 22.6. The number of carbonyl (C=O) groups is 1. The summed E-state index contributed by atoms with van der Waals surface area (Å²) in [5, 5.41) is 87.7. The van der Waals surface area contributed by atoms with Crippen LogP contribution in [0.5, 0.6) is 0 Å². The summed E-state index contributed by atoms with van der Waals surface area (Å²) in [5.41, 5.74) is 0. The van der Waals surface area contributed by atoms with Crippen molar-refractivity contribution in [3.8, 4) is 0 Å². The molecular weight excluding hydrogens is 1210 g/mol. The molecule has 14 heteroatoms. The van der Waals surface area contributed by atoms with E-state index in [1.165, 1.54) is 250 Å². The van der Waals surface area contributed by atoms with Gasteiger partial charge in [-0.05, 0) is 64.2 Å². The molecule has 14 nitrogen and oxygen atoms in total.